The summed E-state index contributed by atoms with van der Waals surface area (Å²) in [5, 5.41) is 2.75. The van der Waals surface area contributed by atoms with E-state index >= 15 is 0 Å². The van der Waals surface area contributed by atoms with E-state index in [-0.39, 0.29) is 19.2 Å². The third kappa shape index (κ3) is 6.54. The second-order valence-corrected chi connectivity index (χ2v) is 6.17. The number of halogens is 3. The van der Waals surface area contributed by atoms with Gasteiger partial charge in [-0.2, -0.15) is 13.2 Å². The minimum atomic E-state index is -4.40. The average molecular weight is 390 g/mol. The summed E-state index contributed by atoms with van der Waals surface area (Å²) < 4.78 is 43.6. The molecule has 0 saturated heterocycles. The fourth-order valence-electron chi connectivity index (χ4n) is 2.52. The molecule has 0 bridgehead atoms. The first-order chi connectivity index (χ1) is 13.3. The quantitative estimate of drug-likeness (QED) is 0.724. The number of ether oxygens (including phenoxy) is 1. The summed E-state index contributed by atoms with van der Waals surface area (Å²) in [6.07, 6.45) is 1.34. The molecular weight excluding hydrogens is 369 g/mol. The van der Waals surface area contributed by atoms with E-state index in [1.807, 2.05) is 12.1 Å². The number of rotatable bonds is 7. The highest BCUT2D eigenvalue weighted by atomic mass is 19.4. The standard InChI is InChI=1S/C21H21F3N2O2/c1-3-13-28-19-9-7-16(8-10-19)11-12-25-20(27)26(2)15-17-5-4-6-18(14-17)21(22,23)24/h1,4-10,14H,11-13,15H2,2H3,(H,25,27). The topological polar surface area (TPSA) is 41.6 Å². The van der Waals surface area contributed by atoms with E-state index in [0.717, 1.165) is 17.7 Å². The van der Waals surface area contributed by atoms with Crippen molar-refractivity contribution in [2.75, 3.05) is 20.2 Å². The third-order valence-corrected chi connectivity index (χ3v) is 3.96. The summed E-state index contributed by atoms with van der Waals surface area (Å²) in [5.74, 6) is 3.06. The van der Waals surface area contributed by atoms with E-state index in [4.69, 9.17) is 11.2 Å². The maximum Gasteiger partial charge on any atom is 0.416 e. The number of carbonyl (C=O) groups excluding carboxylic acids is 1. The lowest BCUT2D eigenvalue weighted by Crippen LogP contribution is -2.37. The summed E-state index contributed by atoms with van der Waals surface area (Å²) in [6, 6.07) is 12.0. The Morgan fingerprint density at radius 3 is 2.54 bits per heavy atom. The molecular formula is C21H21F3N2O2. The van der Waals surface area contributed by atoms with Gasteiger partial charge in [0.1, 0.15) is 12.4 Å². The Kier molecular flexibility index (Phi) is 7.33. The lowest BCUT2D eigenvalue weighted by molar-refractivity contribution is -0.137. The summed E-state index contributed by atoms with van der Waals surface area (Å²) >= 11 is 0. The van der Waals surface area contributed by atoms with Crippen molar-refractivity contribution in [3.05, 3.63) is 65.2 Å². The smallest absolute Gasteiger partial charge is 0.416 e. The second kappa shape index (κ2) is 9.70. The number of hydrogen-bond donors (Lipinski definition) is 1. The van der Waals surface area contributed by atoms with Crippen molar-refractivity contribution in [2.45, 2.75) is 19.1 Å². The van der Waals surface area contributed by atoms with Crippen molar-refractivity contribution in [2.24, 2.45) is 0 Å². The number of benzene rings is 2. The molecule has 7 heteroatoms. The van der Waals surface area contributed by atoms with Crippen LogP contribution in [0.2, 0.25) is 0 Å². The highest BCUT2D eigenvalue weighted by Crippen LogP contribution is 2.29. The minimum absolute atomic E-state index is 0.0803. The highest BCUT2D eigenvalue weighted by molar-refractivity contribution is 5.73. The number of terminal acetylenes is 1. The van der Waals surface area contributed by atoms with Crippen LogP contribution in [0.25, 0.3) is 0 Å². The van der Waals surface area contributed by atoms with Gasteiger partial charge in [0.25, 0.3) is 0 Å². The van der Waals surface area contributed by atoms with Gasteiger partial charge in [0, 0.05) is 20.1 Å². The molecule has 0 fully saturated rings. The second-order valence-electron chi connectivity index (χ2n) is 6.17. The molecule has 0 aliphatic rings. The fraction of sp³-hybridized carbons (Fsp3) is 0.286. The highest BCUT2D eigenvalue weighted by Gasteiger charge is 2.30. The normalized spacial score (nSPS) is 10.8. The van der Waals surface area contributed by atoms with Gasteiger partial charge >= 0.3 is 12.2 Å². The molecule has 0 atom stereocenters. The molecule has 0 spiro atoms. The molecule has 2 amide bonds. The van der Waals surface area contributed by atoms with Gasteiger partial charge in [0.2, 0.25) is 0 Å². The van der Waals surface area contributed by atoms with Crippen LogP contribution in [0.15, 0.2) is 48.5 Å². The zero-order valence-corrected chi connectivity index (χ0v) is 15.4. The Hall–Kier alpha value is -3.14. The van der Waals surface area contributed by atoms with Gasteiger partial charge in [-0.1, -0.05) is 30.2 Å². The molecule has 4 nitrogen and oxygen atoms in total. The molecule has 0 unspecified atom stereocenters. The Morgan fingerprint density at radius 1 is 1.18 bits per heavy atom. The molecule has 0 aliphatic heterocycles. The maximum atomic E-state index is 12.8. The molecule has 2 aromatic carbocycles. The Bertz CT molecular complexity index is 827. The molecule has 2 rings (SSSR count). The van der Waals surface area contributed by atoms with Crippen molar-refractivity contribution in [1.29, 1.82) is 0 Å². The van der Waals surface area contributed by atoms with E-state index in [1.165, 1.54) is 18.0 Å². The predicted molar refractivity (Wildman–Crippen MR) is 101 cm³/mol. The van der Waals surface area contributed by atoms with Gasteiger partial charge in [0.15, 0.2) is 0 Å². The van der Waals surface area contributed by atoms with Crippen LogP contribution in [-0.2, 0) is 19.1 Å². The fourth-order valence-corrected chi connectivity index (χ4v) is 2.52. The predicted octanol–water partition coefficient (Wildman–Crippen LogP) is 4.10. The van der Waals surface area contributed by atoms with Crippen molar-refractivity contribution in [1.82, 2.24) is 10.2 Å². The number of amides is 2. The number of nitrogens with one attached hydrogen (secondary N) is 1. The summed E-state index contributed by atoms with van der Waals surface area (Å²) in [7, 11) is 1.53. The summed E-state index contributed by atoms with van der Waals surface area (Å²) in [4.78, 5) is 13.5. The first-order valence-corrected chi connectivity index (χ1v) is 8.60. The first kappa shape index (κ1) is 21.2. The maximum absolute atomic E-state index is 12.8. The largest absolute Gasteiger partial charge is 0.481 e. The molecule has 0 saturated carbocycles. The zero-order valence-electron chi connectivity index (χ0n) is 15.4. The van der Waals surface area contributed by atoms with Crippen LogP contribution in [0.5, 0.6) is 5.75 Å². The summed E-state index contributed by atoms with van der Waals surface area (Å²) in [5.41, 5.74) is 0.692. The van der Waals surface area contributed by atoms with Crippen molar-refractivity contribution in [3.8, 4) is 18.1 Å². The first-order valence-electron chi connectivity index (χ1n) is 8.60. The Morgan fingerprint density at radius 2 is 1.89 bits per heavy atom. The van der Waals surface area contributed by atoms with E-state index < -0.39 is 11.7 Å². The van der Waals surface area contributed by atoms with E-state index in [9.17, 15) is 18.0 Å². The third-order valence-electron chi connectivity index (χ3n) is 3.96. The van der Waals surface area contributed by atoms with Gasteiger partial charge < -0.3 is 15.0 Å². The number of urea groups is 1. The molecule has 0 aliphatic carbocycles. The number of hydrogen-bond acceptors (Lipinski definition) is 2. The lowest BCUT2D eigenvalue weighted by atomic mass is 10.1. The lowest BCUT2D eigenvalue weighted by Gasteiger charge is -2.19. The van der Waals surface area contributed by atoms with E-state index in [1.54, 1.807) is 18.2 Å². The molecule has 0 aromatic heterocycles. The molecule has 148 valence electrons. The van der Waals surface area contributed by atoms with Crippen LogP contribution in [0.4, 0.5) is 18.0 Å². The molecule has 1 N–H and O–H groups in total. The number of alkyl halides is 3. The van der Waals surface area contributed by atoms with Crippen LogP contribution in [-0.4, -0.2) is 31.1 Å². The van der Waals surface area contributed by atoms with Crippen molar-refractivity contribution < 1.29 is 22.7 Å². The van der Waals surface area contributed by atoms with Crippen LogP contribution >= 0.6 is 0 Å². The van der Waals surface area contributed by atoms with Gasteiger partial charge in [0.05, 0.1) is 5.56 Å². The molecule has 28 heavy (non-hydrogen) atoms. The molecule has 0 heterocycles. The van der Waals surface area contributed by atoms with Crippen LogP contribution in [0, 0.1) is 12.3 Å². The number of carbonyl (C=O) groups is 1. The summed E-state index contributed by atoms with van der Waals surface area (Å²) in [6.45, 7) is 0.681. The minimum Gasteiger partial charge on any atom is -0.481 e. The molecule has 2 aromatic rings. The van der Waals surface area contributed by atoms with E-state index in [2.05, 4.69) is 11.2 Å². The number of nitrogens with zero attached hydrogens (tertiary/aromatic N) is 1. The van der Waals surface area contributed by atoms with Crippen molar-refractivity contribution in [3.63, 3.8) is 0 Å². The van der Waals surface area contributed by atoms with Gasteiger partial charge in [-0.3, -0.25) is 0 Å². The van der Waals surface area contributed by atoms with Crippen LogP contribution in [0.3, 0.4) is 0 Å². The monoisotopic (exact) mass is 390 g/mol. The molecule has 0 radical (unpaired) electrons. The van der Waals surface area contributed by atoms with Gasteiger partial charge in [-0.25, -0.2) is 4.79 Å². The Labute approximate surface area is 162 Å². The van der Waals surface area contributed by atoms with Crippen molar-refractivity contribution >= 4 is 6.03 Å². The van der Waals surface area contributed by atoms with Gasteiger partial charge in [-0.15, -0.1) is 6.42 Å². The van der Waals surface area contributed by atoms with Crippen LogP contribution < -0.4 is 10.1 Å². The van der Waals surface area contributed by atoms with Crippen LogP contribution in [0.1, 0.15) is 16.7 Å². The average Bonchev–Trinajstić information content (AvgIpc) is 2.66. The Balaban J connectivity index is 1.80. The SMILES string of the molecule is C#CCOc1ccc(CCNC(=O)N(C)Cc2cccc(C(F)(F)F)c2)cc1. The van der Waals surface area contributed by atoms with Gasteiger partial charge in [-0.05, 0) is 41.8 Å². The zero-order chi connectivity index (χ0) is 20.6. The van der Waals surface area contributed by atoms with E-state index in [0.29, 0.717) is 24.3 Å².